The molecule has 22 heavy (non-hydrogen) atoms. The zero-order chi connectivity index (χ0) is 15.4. The highest BCUT2D eigenvalue weighted by molar-refractivity contribution is 14.1. The van der Waals surface area contributed by atoms with Gasteiger partial charge >= 0.3 is 0 Å². The second-order valence-corrected chi connectivity index (χ2v) is 5.85. The molecule has 110 valence electrons. The fourth-order valence-electron chi connectivity index (χ4n) is 1.97. The van der Waals surface area contributed by atoms with Crippen molar-refractivity contribution in [1.29, 1.82) is 0 Å². The van der Waals surface area contributed by atoms with E-state index < -0.39 is 0 Å². The molecule has 2 aromatic heterocycles. The van der Waals surface area contributed by atoms with Gasteiger partial charge < -0.3 is 10.5 Å². The van der Waals surface area contributed by atoms with E-state index in [0.717, 1.165) is 20.6 Å². The van der Waals surface area contributed by atoms with E-state index >= 15 is 0 Å². The van der Waals surface area contributed by atoms with Crippen LogP contribution >= 0.6 is 22.6 Å². The van der Waals surface area contributed by atoms with Crippen LogP contribution in [-0.2, 0) is 6.42 Å². The Hall–Kier alpha value is -2.22. The van der Waals surface area contributed by atoms with Gasteiger partial charge in [0.1, 0.15) is 5.75 Å². The minimum absolute atomic E-state index is 0.265. The van der Waals surface area contributed by atoms with Crippen molar-refractivity contribution in [2.45, 2.75) is 6.42 Å². The lowest BCUT2D eigenvalue weighted by Gasteiger charge is -2.10. The number of halogens is 1. The van der Waals surface area contributed by atoms with Crippen LogP contribution in [0.25, 0.3) is 0 Å². The summed E-state index contributed by atoms with van der Waals surface area (Å²) in [6, 6.07) is 13.5. The normalized spacial score (nSPS) is 10.4. The molecule has 3 aromatic rings. The summed E-state index contributed by atoms with van der Waals surface area (Å²) < 4.78 is 7.03. The third-order valence-corrected chi connectivity index (χ3v) is 3.70. The predicted octanol–water partition coefficient (Wildman–Crippen LogP) is 3.44. The molecule has 0 radical (unpaired) electrons. The Morgan fingerprint density at radius 2 is 1.82 bits per heavy atom. The highest BCUT2D eigenvalue weighted by atomic mass is 127. The number of nitrogens with zero attached hydrogens (tertiary/aromatic N) is 3. The number of aromatic nitrogens is 3. The minimum atomic E-state index is 0.265. The van der Waals surface area contributed by atoms with Gasteiger partial charge in [-0.3, -0.25) is 0 Å². The molecule has 1 aromatic carbocycles. The molecule has 0 unspecified atom stereocenters. The number of hydrogen-bond acceptors (Lipinski definition) is 5. The first kappa shape index (κ1) is 14.7. The molecule has 3 rings (SSSR count). The molecule has 0 amide bonds. The first-order valence-corrected chi connectivity index (χ1v) is 7.73. The van der Waals surface area contributed by atoms with Gasteiger partial charge in [0.15, 0.2) is 0 Å². The number of nitrogens with two attached hydrogens (primary N) is 1. The quantitative estimate of drug-likeness (QED) is 0.675. The van der Waals surface area contributed by atoms with E-state index in [1.54, 1.807) is 12.4 Å². The Labute approximate surface area is 141 Å². The highest BCUT2D eigenvalue weighted by Crippen LogP contribution is 2.25. The van der Waals surface area contributed by atoms with E-state index in [-0.39, 0.29) is 5.95 Å². The highest BCUT2D eigenvalue weighted by Gasteiger charge is 2.08. The first-order chi connectivity index (χ1) is 10.7. The second kappa shape index (κ2) is 6.69. The van der Waals surface area contributed by atoms with Crippen LogP contribution in [0.15, 0.2) is 54.9 Å². The fourth-order valence-corrected chi connectivity index (χ4v) is 2.33. The number of pyridine rings is 1. The van der Waals surface area contributed by atoms with Gasteiger partial charge in [-0.25, -0.2) is 15.0 Å². The number of benzene rings is 1. The van der Waals surface area contributed by atoms with Crippen molar-refractivity contribution in [2.24, 2.45) is 0 Å². The molecule has 0 aliphatic heterocycles. The van der Waals surface area contributed by atoms with E-state index in [4.69, 9.17) is 10.5 Å². The van der Waals surface area contributed by atoms with E-state index in [2.05, 4.69) is 37.5 Å². The Kier molecular flexibility index (Phi) is 4.47. The Bertz CT molecular complexity index is 777. The fraction of sp³-hybridized carbons (Fsp3) is 0.0625. The summed E-state index contributed by atoms with van der Waals surface area (Å²) in [6.45, 7) is 0. The maximum Gasteiger partial charge on any atom is 0.222 e. The molecule has 5 nitrogen and oxygen atoms in total. The second-order valence-electron chi connectivity index (χ2n) is 4.61. The minimum Gasteiger partial charge on any atom is -0.439 e. The number of anilines is 1. The number of rotatable bonds is 4. The van der Waals surface area contributed by atoms with Crippen LogP contribution < -0.4 is 10.5 Å². The lowest BCUT2D eigenvalue weighted by molar-refractivity contribution is 0.457. The zero-order valence-corrected chi connectivity index (χ0v) is 13.8. The molecule has 0 aliphatic rings. The lowest BCUT2D eigenvalue weighted by Crippen LogP contribution is -2.01. The molecule has 2 N–H and O–H groups in total. The summed E-state index contributed by atoms with van der Waals surface area (Å²) in [5.74, 6) is 1.59. The molecular weight excluding hydrogens is 391 g/mol. The smallest absolute Gasteiger partial charge is 0.222 e. The van der Waals surface area contributed by atoms with E-state index in [0.29, 0.717) is 12.3 Å². The van der Waals surface area contributed by atoms with Gasteiger partial charge in [-0.1, -0.05) is 6.07 Å². The molecule has 0 spiro atoms. The Morgan fingerprint density at radius 1 is 1.00 bits per heavy atom. The molecule has 2 heterocycles. The topological polar surface area (TPSA) is 73.9 Å². The molecule has 0 bridgehead atoms. The molecule has 0 saturated heterocycles. The molecule has 0 aliphatic carbocycles. The largest absolute Gasteiger partial charge is 0.439 e. The summed E-state index contributed by atoms with van der Waals surface area (Å²) in [6.07, 6.45) is 3.94. The summed E-state index contributed by atoms with van der Waals surface area (Å²) in [5.41, 5.74) is 7.39. The summed E-state index contributed by atoms with van der Waals surface area (Å²) in [7, 11) is 0. The van der Waals surface area contributed by atoms with Gasteiger partial charge in [-0.15, -0.1) is 0 Å². The van der Waals surface area contributed by atoms with Gasteiger partial charge in [-0.2, -0.15) is 0 Å². The van der Waals surface area contributed by atoms with Crippen LogP contribution in [0, 0.1) is 3.57 Å². The van der Waals surface area contributed by atoms with Crippen molar-refractivity contribution in [3.63, 3.8) is 0 Å². The lowest BCUT2D eigenvalue weighted by atomic mass is 10.1. The summed E-state index contributed by atoms with van der Waals surface area (Å²) in [5, 5.41) is 0. The molecule has 0 atom stereocenters. The molecule has 0 fully saturated rings. The van der Waals surface area contributed by atoms with Crippen molar-refractivity contribution in [1.82, 2.24) is 15.0 Å². The monoisotopic (exact) mass is 404 g/mol. The van der Waals surface area contributed by atoms with Crippen molar-refractivity contribution in [3.8, 4) is 11.6 Å². The van der Waals surface area contributed by atoms with Crippen molar-refractivity contribution in [3.05, 3.63) is 69.7 Å². The van der Waals surface area contributed by atoms with Crippen molar-refractivity contribution < 1.29 is 4.74 Å². The van der Waals surface area contributed by atoms with E-state index in [1.165, 1.54) is 0 Å². The van der Waals surface area contributed by atoms with Gasteiger partial charge in [0, 0.05) is 27.9 Å². The maximum atomic E-state index is 5.88. The van der Waals surface area contributed by atoms with Crippen LogP contribution in [0.1, 0.15) is 11.3 Å². The van der Waals surface area contributed by atoms with E-state index in [9.17, 15) is 0 Å². The van der Waals surface area contributed by atoms with Gasteiger partial charge in [0.2, 0.25) is 11.8 Å². The number of ether oxygens (including phenoxy) is 1. The maximum absolute atomic E-state index is 5.88. The van der Waals surface area contributed by atoms with Gasteiger partial charge in [0.25, 0.3) is 0 Å². The van der Waals surface area contributed by atoms with Crippen LogP contribution in [0.2, 0.25) is 0 Å². The molecule has 0 saturated carbocycles. The summed E-state index contributed by atoms with van der Waals surface area (Å²) >= 11 is 2.26. The first-order valence-electron chi connectivity index (χ1n) is 6.65. The zero-order valence-electron chi connectivity index (χ0n) is 11.6. The van der Waals surface area contributed by atoms with Gasteiger partial charge in [0.05, 0.1) is 5.69 Å². The molecule has 6 heteroatoms. The number of hydrogen-bond donors (Lipinski definition) is 1. The molecular formula is C16H13IN4O. The average molecular weight is 404 g/mol. The Morgan fingerprint density at radius 3 is 2.59 bits per heavy atom. The van der Waals surface area contributed by atoms with Crippen LogP contribution in [0.4, 0.5) is 5.95 Å². The van der Waals surface area contributed by atoms with Crippen LogP contribution in [-0.4, -0.2) is 15.0 Å². The van der Waals surface area contributed by atoms with E-state index in [1.807, 2.05) is 42.5 Å². The third-order valence-electron chi connectivity index (χ3n) is 2.98. The van der Waals surface area contributed by atoms with Crippen molar-refractivity contribution >= 4 is 28.5 Å². The van der Waals surface area contributed by atoms with Crippen molar-refractivity contribution in [2.75, 3.05) is 5.73 Å². The number of nitrogen functional groups attached to an aromatic ring is 1. The third kappa shape index (κ3) is 3.70. The Balaban J connectivity index is 1.85. The average Bonchev–Trinajstić information content (AvgIpc) is 2.51. The SMILES string of the molecule is Nc1nccc(Cc2cccnc2Oc2ccc(I)cc2)n1. The van der Waals surface area contributed by atoms with Crippen LogP contribution in [0.3, 0.4) is 0 Å². The standard InChI is InChI=1S/C16H13IN4O/c17-12-3-5-14(6-4-12)22-15-11(2-1-8-19-15)10-13-7-9-20-16(18)21-13/h1-9H,10H2,(H2,18,20,21). The predicted molar refractivity (Wildman–Crippen MR) is 92.7 cm³/mol. The summed E-state index contributed by atoms with van der Waals surface area (Å²) in [4.78, 5) is 12.4. The van der Waals surface area contributed by atoms with Gasteiger partial charge in [-0.05, 0) is 59.0 Å². The van der Waals surface area contributed by atoms with Crippen LogP contribution in [0.5, 0.6) is 11.6 Å².